The predicted octanol–water partition coefficient (Wildman–Crippen LogP) is 1.87. The summed E-state index contributed by atoms with van der Waals surface area (Å²) in [5.74, 6) is -1.79. The Morgan fingerprint density at radius 3 is 2.47 bits per heavy atom. The Labute approximate surface area is 91.1 Å². The lowest BCUT2D eigenvalue weighted by Gasteiger charge is -2.17. The van der Waals surface area contributed by atoms with E-state index in [1.54, 1.807) is 16.8 Å². The van der Waals surface area contributed by atoms with Gasteiger partial charge < -0.3 is 0 Å². The fourth-order valence-corrected chi connectivity index (χ4v) is 2.41. The van der Waals surface area contributed by atoms with Crippen LogP contribution in [0, 0.1) is 5.92 Å². The van der Waals surface area contributed by atoms with Gasteiger partial charge in [-0.1, -0.05) is 0 Å². The van der Waals surface area contributed by atoms with Crippen LogP contribution in [0.15, 0.2) is 16.8 Å². The molecule has 3 nitrogen and oxygen atoms in total. The Morgan fingerprint density at radius 2 is 1.93 bits per heavy atom. The van der Waals surface area contributed by atoms with Crippen LogP contribution in [0.3, 0.4) is 0 Å². The molecule has 0 aliphatic heterocycles. The summed E-state index contributed by atoms with van der Waals surface area (Å²) in [6.45, 7) is 0. The molecule has 0 saturated heterocycles. The molecule has 1 heterocycles. The van der Waals surface area contributed by atoms with Gasteiger partial charge in [-0.15, -0.1) is 0 Å². The first-order valence-electron chi connectivity index (χ1n) is 4.82. The summed E-state index contributed by atoms with van der Waals surface area (Å²) in [5, 5.41) is 3.45. The Bertz CT molecular complexity index is 389. The quantitative estimate of drug-likeness (QED) is 0.567. The van der Waals surface area contributed by atoms with Gasteiger partial charge in [0.1, 0.15) is 5.92 Å². The number of carbonyl (C=O) groups is 3. The Kier molecular flexibility index (Phi) is 2.77. The zero-order valence-electron chi connectivity index (χ0n) is 8.06. The van der Waals surface area contributed by atoms with Crippen LogP contribution in [-0.2, 0) is 9.59 Å². The van der Waals surface area contributed by atoms with Crippen molar-refractivity contribution in [3.8, 4) is 0 Å². The molecule has 0 unspecified atom stereocenters. The molecule has 0 radical (unpaired) electrons. The van der Waals surface area contributed by atoms with Gasteiger partial charge in [-0.25, -0.2) is 0 Å². The molecule has 0 aromatic carbocycles. The van der Waals surface area contributed by atoms with E-state index in [2.05, 4.69) is 0 Å². The highest BCUT2D eigenvalue weighted by molar-refractivity contribution is 7.08. The first-order chi connectivity index (χ1) is 7.20. The molecular formula is C11H10O3S. The fourth-order valence-electron chi connectivity index (χ4n) is 1.77. The topological polar surface area (TPSA) is 51.2 Å². The van der Waals surface area contributed by atoms with Crippen LogP contribution in [0.25, 0.3) is 0 Å². The minimum atomic E-state index is -1.02. The summed E-state index contributed by atoms with van der Waals surface area (Å²) in [6, 6.07) is 1.65. The number of thiophene rings is 1. The van der Waals surface area contributed by atoms with Crippen LogP contribution >= 0.6 is 11.3 Å². The van der Waals surface area contributed by atoms with Crippen LogP contribution in [0.1, 0.15) is 29.6 Å². The SMILES string of the molecule is O=C1CCCC(=O)C1C(=O)c1ccsc1. The summed E-state index contributed by atoms with van der Waals surface area (Å²) in [7, 11) is 0. The second-order valence-electron chi connectivity index (χ2n) is 3.60. The lowest BCUT2D eigenvalue weighted by Crippen LogP contribution is -2.35. The summed E-state index contributed by atoms with van der Waals surface area (Å²) in [4.78, 5) is 34.9. The lowest BCUT2D eigenvalue weighted by molar-refractivity contribution is -0.133. The van der Waals surface area contributed by atoms with Gasteiger partial charge in [-0.2, -0.15) is 11.3 Å². The number of Topliss-reactive ketones (excluding diaryl/α,β-unsaturated/α-hetero) is 3. The van der Waals surface area contributed by atoms with Gasteiger partial charge in [0.15, 0.2) is 17.3 Å². The largest absolute Gasteiger partial charge is 0.298 e. The van der Waals surface area contributed by atoms with Crippen molar-refractivity contribution in [2.75, 3.05) is 0 Å². The zero-order chi connectivity index (χ0) is 10.8. The molecule has 1 saturated carbocycles. The van der Waals surface area contributed by atoms with Gasteiger partial charge in [0, 0.05) is 23.8 Å². The van der Waals surface area contributed by atoms with E-state index in [0.29, 0.717) is 24.8 Å². The van der Waals surface area contributed by atoms with Crippen molar-refractivity contribution in [2.24, 2.45) is 5.92 Å². The molecule has 0 atom stereocenters. The first-order valence-corrected chi connectivity index (χ1v) is 5.76. The fraction of sp³-hybridized carbons (Fsp3) is 0.364. The molecule has 0 amide bonds. The standard InChI is InChI=1S/C11H10O3S/c12-8-2-1-3-9(13)10(8)11(14)7-4-5-15-6-7/h4-6,10H,1-3H2. The van der Waals surface area contributed by atoms with Crippen LogP contribution in [-0.4, -0.2) is 17.3 Å². The Hall–Kier alpha value is -1.29. The van der Waals surface area contributed by atoms with Gasteiger partial charge in [-0.05, 0) is 17.9 Å². The smallest absolute Gasteiger partial charge is 0.181 e. The maximum Gasteiger partial charge on any atom is 0.181 e. The van der Waals surface area contributed by atoms with Gasteiger partial charge in [0.05, 0.1) is 0 Å². The van der Waals surface area contributed by atoms with E-state index < -0.39 is 5.92 Å². The number of hydrogen-bond acceptors (Lipinski definition) is 4. The zero-order valence-corrected chi connectivity index (χ0v) is 8.88. The first kappa shape index (κ1) is 10.2. The highest BCUT2D eigenvalue weighted by Crippen LogP contribution is 2.22. The Balaban J connectivity index is 2.25. The van der Waals surface area contributed by atoms with Crippen molar-refractivity contribution in [3.63, 3.8) is 0 Å². The van der Waals surface area contributed by atoms with Gasteiger partial charge in [-0.3, -0.25) is 14.4 Å². The number of hydrogen-bond donors (Lipinski definition) is 0. The monoisotopic (exact) mass is 222 g/mol. The van der Waals surface area contributed by atoms with Crippen molar-refractivity contribution in [3.05, 3.63) is 22.4 Å². The average Bonchev–Trinajstić information content (AvgIpc) is 2.69. The number of rotatable bonds is 2. The molecule has 1 aliphatic rings. The third-order valence-corrected chi connectivity index (χ3v) is 3.24. The predicted molar refractivity (Wildman–Crippen MR) is 56.0 cm³/mol. The Morgan fingerprint density at radius 1 is 1.27 bits per heavy atom. The van der Waals surface area contributed by atoms with Crippen molar-refractivity contribution in [2.45, 2.75) is 19.3 Å². The molecule has 15 heavy (non-hydrogen) atoms. The molecule has 1 aliphatic carbocycles. The van der Waals surface area contributed by atoms with Crippen molar-refractivity contribution in [1.29, 1.82) is 0 Å². The minimum absolute atomic E-state index is 0.220. The van der Waals surface area contributed by atoms with E-state index in [-0.39, 0.29) is 17.3 Å². The summed E-state index contributed by atoms with van der Waals surface area (Å²) < 4.78 is 0. The van der Waals surface area contributed by atoms with Crippen molar-refractivity contribution >= 4 is 28.7 Å². The molecule has 4 heteroatoms. The van der Waals surface area contributed by atoms with Gasteiger partial charge >= 0.3 is 0 Å². The third kappa shape index (κ3) is 1.90. The summed E-state index contributed by atoms with van der Waals surface area (Å²) >= 11 is 1.39. The number of carbonyl (C=O) groups excluding carboxylic acids is 3. The van der Waals surface area contributed by atoms with Crippen LogP contribution in [0.5, 0.6) is 0 Å². The maximum atomic E-state index is 11.8. The molecule has 78 valence electrons. The van der Waals surface area contributed by atoms with E-state index in [1.807, 2.05) is 0 Å². The van der Waals surface area contributed by atoms with E-state index >= 15 is 0 Å². The highest BCUT2D eigenvalue weighted by atomic mass is 32.1. The molecule has 0 spiro atoms. The lowest BCUT2D eigenvalue weighted by atomic mass is 9.82. The maximum absolute atomic E-state index is 11.8. The van der Waals surface area contributed by atoms with Crippen molar-refractivity contribution < 1.29 is 14.4 Å². The normalized spacial score (nSPS) is 18.1. The highest BCUT2D eigenvalue weighted by Gasteiger charge is 2.36. The molecule has 1 aromatic rings. The van der Waals surface area contributed by atoms with E-state index in [1.165, 1.54) is 11.3 Å². The van der Waals surface area contributed by atoms with Crippen LogP contribution in [0.4, 0.5) is 0 Å². The van der Waals surface area contributed by atoms with Gasteiger partial charge in [0.25, 0.3) is 0 Å². The van der Waals surface area contributed by atoms with Crippen LogP contribution < -0.4 is 0 Å². The molecule has 1 aromatic heterocycles. The molecule has 0 bridgehead atoms. The van der Waals surface area contributed by atoms with E-state index in [4.69, 9.17) is 0 Å². The third-order valence-electron chi connectivity index (χ3n) is 2.56. The summed E-state index contributed by atoms with van der Waals surface area (Å²) in [5.41, 5.74) is 0.480. The average molecular weight is 222 g/mol. The van der Waals surface area contributed by atoms with Crippen molar-refractivity contribution in [1.82, 2.24) is 0 Å². The molecular weight excluding hydrogens is 212 g/mol. The van der Waals surface area contributed by atoms with E-state index in [0.717, 1.165) is 0 Å². The second-order valence-corrected chi connectivity index (χ2v) is 4.38. The van der Waals surface area contributed by atoms with E-state index in [9.17, 15) is 14.4 Å². The van der Waals surface area contributed by atoms with Gasteiger partial charge in [0.2, 0.25) is 0 Å². The molecule has 2 rings (SSSR count). The molecule has 0 N–H and O–H groups in total. The van der Waals surface area contributed by atoms with Crippen LogP contribution in [0.2, 0.25) is 0 Å². The molecule has 1 fully saturated rings. The second kappa shape index (κ2) is 4.06. The number of ketones is 3. The minimum Gasteiger partial charge on any atom is -0.298 e. The summed E-state index contributed by atoms with van der Waals surface area (Å²) in [6.07, 6.45) is 1.30.